The van der Waals surface area contributed by atoms with Crippen LogP contribution in [0.2, 0.25) is 5.15 Å². The van der Waals surface area contributed by atoms with Crippen LogP contribution in [0.4, 0.5) is 5.69 Å². The third-order valence-corrected chi connectivity index (χ3v) is 4.66. The Labute approximate surface area is 128 Å². The van der Waals surface area contributed by atoms with E-state index in [-0.39, 0.29) is 4.90 Å². The van der Waals surface area contributed by atoms with Crippen LogP contribution in [0, 0.1) is 0 Å². The van der Waals surface area contributed by atoms with E-state index in [1.165, 1.54) is 0 Å². The van der Waals surface area contributed by atoms with Gasteiger partial charge in [0.1, 0.15) is 5.15 Å². The molecule has 2 N–H and O–H groups in total. The normalized spacial score (nSPS) is 14.3. The zero-order chi connectivity index (χ0) is 15.0. The zero-order valence-electron chi connectivity index (χ0n) is 11.2. The number of aromatic nitrogens is 1. The molecule has 0 fully saturated rings. The molecule has 0 saturated heterocycles. The van der Waals surface area contributed by atoms with Gasteiger partial charge in [-0.1, -0.05) is 17.7 Å². The number of primary sulfonamides is 1. The summed E-state index contributed by atoms with van der Waals surface area (Å²) < 4.78 is 23.0. The minimum atomic E-state index is -3.69. The van der Waals surface area contributed by atoms with Gasteiger partial charge in [-0.05, 0) is 41.8 Å². The Kier molecular flexibility index (Phi) is 3.61. The molecule has 0 amide bonds. The second-order valence-electron chi connectivity index (χ2n) is 4.99. The zero-order valence-corrected chi connectivity index (χ0v) is 12.7. The lowest BCUT2D eigenvalue weighted by Crippen LogP contribution is -2.20. The molecule has 3 rings (SSSR count). The molecule has 0 saturated carbocycles. The quantitative estimate of drug-likeness (QED) is 0.876. The van der Waals surface area contributed by atoms with Crippen LogP contribution < -0.4 is 10.0 Å². The van der Waals surface area contributed by atoms with Crippen molar-refractivity contribution in [3.8, 4) is 0 Å². The van der Waals surface area contributed by atoms with Crippen molar-refractivity contribution in [3.05, 3.63) is 52.8 Å². The summed E-state index contributed by atoms with van der Waals surface area (Å²) in [7, 11) is -3.69. The molecule has 0 aliphatic carbocycles. The Hall–Kier alpha value is -1.63. The second-order valence-corrected chi connectivity index (χ2v) is 6.94. The molecule has 21 heavy (non-hydrogen) atoms. The van der Waals surface area contributed by atoms with Crippen LogP contribution in [0.3, 0.4) is 0 Å². The van der Waals surface area contributed by atoms with Crippen molar-refractivity contribution in [1.82, 2.24) is 4.98 Å². The Balaban J connectivity index is 1.92. The average Bonchev–Trinajstić information content (AvgIpc) is 2.80. The van der Waals surface area contributed by atoms with Crippen molar-refractivity contribution in [2.75, 3.05) is 11.4 Å². The standard InChI is InChI=1S/C14H14ClN3O2S/c15-14-7-10(3-5-17-14)9-18-6-4-11-1-2-12(8-13(11)18)21(16,19)20/h1-3,5,7-8H,4,6,9H2,(H2,16,19,20). The monoisotopic (exact) mass is 323 g/mol. The Bertz CT molecular complexity index is 793. The maximum atomic E-state index is 11.5. The summed E-state index contributed by atoms with van der Waals surface area (Å²) in [6, 6.07) is 8.73. The molecule has 2 aromatic rings. The molecule has 5 nitrogen and oxygen atoms in total. The Morgan fingerprint density at radius 2 is 2.10 bits per heavy atom. The van der Waals surface area contributed by atoms with Gasteiger partial charge in [-0.2, -0.15) is 0 Å². The minimum Gasteiger partial charge on any atom is -0.367 e. The predicted molar refractivity (Wildman–Crippen MR) is 81.8 cm³/mol. The largest absolute Gasteiger partial charge is 0.367 e. The summed E-state index contributed by atoms with van der Waals surface area (Å²) in [4.78, 5) is 6.22. The lowest BCUT2D eigenvalue weighted by atomic mass is 10.2. The maximum absolute atomic E-state index is 11.5. The van der Waals surface area contributed by atoms with Gasteiger partial charge in [0.15, 0.2) is 0 Å². The number of fused-ring (bicyclic) bond motifs is 1. The van der Waals surface area contributed by atoms with Gasteiger partial charge in [-0.3, -0.25) is 0 Å². The van der Waals surface area contributed by atoms with Gasteiger partial charge < -0.3 is 4.90 Å². The number of pyridine rings is 1. The van der Waals surface area contributed by atoms with Crippen LogP contribution in [-0.4, -0.2) is 19.9 Å². The first-order valence-electron chi connectivity index (χ1n) is 6.44. The molecule has 110 valence electrons. The van der Waals surface area contributed by atoms with Gasteiger partial charge >= 0.3 is 0 Å². The van der Waals surface area contributed by atoms with Crippen LogP contribution in [0.25, 0.3) is 0 Å². The summed E-state index contributed by atoms with van der Waals surface area (Å²) in [6.45, 7) is 1.49. The van der Waals surface area contributed by atoms with Gasteiger partial charge in [0.2, 0.25) is 10.0 Å². The highest BCUT2D eigenvalue weighted by Gasteiger charge is 2.21. The number of anilines is 1. The number of nitrogens with two attached hydrogens (primary N) is 1. The second kappa shape index (κ2) is 5.29. The number of rotatable bonds is 3. The molecule has 0 atom stereocenters. The predicted octanol–water partition coefficient (Wildman–Crippen LogP) is 1.95. The number of sulfonamides is 1. The molecule has 0 bridgehead atoms. The van der Waals surface area contributed by atoms with Crippen LogP contribution in [0.5, 0.6) is 0 Å². The molecule has 1 aromatic carbocycles. The van der Waals surface area contributed by atoms with E-state index in [2.05, 4.69) is 9.88 Å². The lowest BCUT2D eigenvalue weighted by molar-refractivity contribution is 0.598. The molecule has 1 aromatic heterocycles. The molecule has 0 unspecified atom stereocenters. The fraction of sp³-hybridized carbons (Fsp3) is 0.214. The highest BCUT2D eigenvalue weighted by Crippen LogP contribution is 2.31. The van der Waals surface area contributed by atoms with Crippen molar-refractivity contribution < 1.29 is 8.42 Å². The van der Waals surface area contributed by atoms with Crippen molar-refractivity contribution in [1.29, 1.82) is 0 Å². The molecule has 2 heterocycles. The summed E-state index contributed by atoms with van der Waals surface area (Å²) in [6.07, 6.45) is 2.55. The lowest BCUT2D eigenvalue weighted by Gasteiger charge is -2.20. The molecule has 0 radical (unpaired) electrons. The van der Waals surface area contributed by atoms with Crippen molar-refractivity contribution in [3.63, 3.8) is 0 Å². The van der Waals surface area contributed by atoms with Gasteiger partial charge in [0, 0.05) is 25.0 Å². The molecule has 0 spiro atoms. The van der Waals surface area contributed by atoms with Crippen molar-refractivity contribution in [2.45, 2.75) is 17.9 Å². The number of nitrogens with zero attached hydrogens (tertiary/aromatic N) is 2. The minimum absolute atomic E-state index is 0.140. The van der Waals surface area contributed by atoms with Gasteiger partial charge in [0.25, 0.3) is 0 Å². The van der Waals surface area contributed by atoms with E-state index in [0.717, 1.165) is 29.8 Å². The van der Waals surface area contributed by atoms with Crippen LogP contribution in [-0.2, 0) is 23.0 Å². The number of halogens is 1. The van der Waals surface area contributed by atoms with Gasteiger partial charge in [-0.15, -0.1) is 0 Å². The summed E-state index contributed by atoms with van der Waals surface area (Å²) in [5, 5.41) is 5.65. The fourth-order valence-electron chi connectivity index (χ4n) is 2.53. The molecule has 1 aliphatic rings. The first kappa shape index (κ1) is 14.3. The first-order valence-corrected chi connectivity index (χ1v) is 8.37. The molecule has 7 heteroatoms. The highest BCUT2D eigenvalue weighted by atomic mass is 35.5. The number of hydrogen-bond acceptors (Lipinski definition) is 4. The summed E-state index contributed by atoms with van der Waals surface area (Å²) in [5.41, 5.74) is 3.07. The third kappa shape index (κ3) is 3.02. The molecular weight excluding hydrogens is 310 g/mol. The van der Waals surface area contributed by atoms with Gasteiger partial charge in [0.05, 0.1) is 4.90 Å². The topological polar surface area (TPSA) is 76.3 Å². The molecular formula is C14H14ClN3O2S. The third-order valence-electron chi connectivity index (χ3n) is 3.54. The SMILES string of the molecule is NS(=O)(=O)c1ccc2c(c1)N(Cc1ccnc(Cl)c1)CC2. The number of benzene rings is 1. The van der Waals surface area contributed by atoms with E-state index in [1.54, 1.807) is 18.3 Å². The van der Waals surface area contributed by atoms with E-state index in [9.17, 15) is 8.42 Å². The summed E-state index contributed by atoms with van der Waals surface area (Å²) in [5.74, 6) is 0. The van der Waals surface area contributed by atoms with E-state index in [1.807, 2.05) is 18.2 Å². The van der Waals surface area contributed by atoms with Crippen LogP contribution in [0.15, 0.2) is 41.4 Å². The van der Waals surface area contributed by atoms with Crippen molar-refractivity contribution >= 4 is 27.3 Å². The van der Waals surface area contributed by atoms with Crippen molar-refractivity contribution in [2.24, 2.45) is 5.14 Å². The van der Waals surface area contributed by atoms with E-state index >= 15 is 0 Å². The van der Waals surface area contributed by atoms with Crippen LogP contribution in [0.1, 0.15) is 11.1 Å². The van der Waals surface area contributed by atoms with E-state index in [0.29, 0.717) is 11.7 Å². The first-order chi connectivity index (χ1) is 9.93. The Morgan fingerprint density at radius 3 is 2.81 bits per heavy atom. The Morgan fingerprint density at radius 1 is 1.29 bits per heavy atom. The molecule has 1 aliphatic heterocycles. The maximum Gasteiger partial charge on any atom is 0.238 e. The van der Waals surface area contributed by atoms with E-state index in [4.69, 9.17) is 16.7 Å². The number of hydrogen-bond donors (Lipinski definition) is 1. The van der Waals surface area contributed by atoms with Gasteiger partial charge in [-0.25, -0.2) is 18.5 Å². The average molecular weight is 324 g/mol. The smallest absolute Gasteiger partial charge is 0.238 e. The van der Waals surface area contributed by atoms with E-state index < -0.39 is 10.0 Å². The summed E-state index contributed by atoms with van der Waals surface area (Å²) >= 11 is 5.89. The highest BCUT2D eigenvalue weighted by molar-refractivity contribution is 7.89. The van der Waals surface area contributed by atoms with Crippen LogP contribution >= 0.6 is 11.6 Å². The fourth-order valence-corrected chi connectivity index (χ4v) is 3.26.